The van der Waals surface area contributed by atoms with Crippen LogP contribution in [0.15, 0.2) is 18.2 Å². The fourth-order valence-corrected chi connectivity index (χ4v) is 3.43. The van der Waals surface area contributed by atoms with Crippen LogP contribution in [0, 0.1) is 11.8 Å². The predicted molar refractivity (Wildman–Crippen MR) is 68.6 cm³/mol. The van der Waals surface area contributed by atoms with Gasteiger partial charge in [0.15, 0.2) is 0 Å². The van der Waals surface area contributed by atoms with E-state index in [2.05, 4.69) is 4.90 Å². The van der Waals surface area contributed by atoms with Crippen molar-refractivity contribution in [1.29, 1.82) is 0 Å². The number of phenolic OH excluding ortho intramolecular Hbond substituents is 1. The Morgan fingerprint density at radius 2 is 1.94 bits per heavy atom. The smallest absolute Gasteiger partial charge is 0.120 e. The van der Waals surface area contributed by atoms with Gasteiger partial charge in [0.05, 0.1) is 0 Å². The minimum atomic E-state index is 0.372. The molecule has 2 aliphatic rings. The Labute approximate surface area is 102 Å². The van der Waals surface area contributed by atoms with Crippen molar-refractivity contribution in [3.05, 3.63) is 23.8 Å². The molecule has 3 nitrogen and oxygen atoms in total. The first kappa shape index (κ1) is 10.9. The van der Waals surface area contributed by atoms with E-state index in [1.807, 2.05) is 6.07 Å². The third kappa shape index (κ3) is 2.12. The summed E-state index contributed by atoms with van der Waals surface area (Å²) in [6.07, 6.45) is 4.20. The van der Waals surface area contributed by atoms with Crippen LogP contribution in [0.2, 0.25) is 0 Å². The van der Waals surface area contributed by atoms with Crippen molar-refractivity contribution in [3.8, 4) is 5.75 Å². The van der Waals surface area contributed by atoms with E-state index >= 15 is 0 Å². The van der Waals surface area contributed by atoms with E-state index < -0.39 is 0 Å². The summed E-state index contributed by atoms with van der Waals surface area (Å²) in [4.78, 5) is 2.46. The SMILES string of the molecule is Nc1ccc(O)c(CN2CC3CCCC3C2)c1. The Balaban J connectivity index is 1.69. The third-order valence-corrected chi connectivity index (χ3v) is 4.30. The van der Waals surface area contributed by atoms with Gasteiger partial charge >= 0.3 is 0 Å². The van der Waals surface area contributed by atoms with Gasteiger partial charge in [-0.2, -0.15) is 0 Å². The molecule has 3 rings (SSSR count). The highest BCUT2D eigenvalue weighted by molar-refractivity contribution is 5.47. The quantitative estimate of drug-likeness (QED) is 0.607. The summed E-state index contributed by atoms with van der Waals surface area (Å²) >= 11 is 0. The molecular formula is C14H20N2O. The van der Waals surface area contributed by atoms with Gasteiger partial charge in [0, 0.05) is 30.9 Å². The van der Waals surface area contributed by atoms with Crippen LogP contribution in [-0.4, -0.2) is 23.1 Å². The molecule has 1 aliphatic carbocycles. The van der Waals surface area contributed by atoms with Gasteiger partial charge < -0.3 is 10.8 Å². The average Bonchev–Trinajstić information content (AvgIpc) is 2.83. The third-order valence-electron chi connectivity index (χ3n) is 4.30. The molecule has 3 N–H and O–H groups in total. The summed E-state index contributed by atoms with van der Waals surface area (Å²) in [6, 6.07) is 5.34. The lowest BCUT2D eigenvalue weighted by molar-refractivity contribution is 0.298. The molecule has 0 bridgehead atoms. The average molecular weight is 232 g/mol. The lowest BCUT2D eigenvalue weighted by Crippen LogP contribution is -2.21. The number of benzene rings is 1. The van der Waals surface area contributed by atoms with E-state index in [9.17, 15) is 5.11 Å². The molecule has 1 saturated heterocycles. The van der Waals surface area contributed by atoms with Crippen LogP contribution >= 0.6 is 0 Å². The van der Waals surface area contributed by atoms with Crippen molar-refractivity contribution in [2.75, 3.05) is 18.8 Å². The highest BCUT2D eigenvalue weighted by atomic mass is 16.3. The molecule has 2 atom stereocenters. The van der Waals surface area contributed by atoms with Crippen molar-refractivity contribution in [2.45, 2.75) is 25.8 Å². The maximum Gasteiger partial charge on any atom is 0.120 e. The first-order chi connectivity index (χ1) is 8.22. The summed E-state index contributed by atoms with van der Waals surface area (Å²) in [7, 11) is 0. The number of aromatic hydroxyl groups is 1. The number of fused-ring (bicyclic) bond motifs is 1. The highest BCUT2D eigenvalue weighted by Crippen LogP contribution is 2.38. The van der Waals surface area contributed by atoms with E-state index in [-0.39, 0.29) is 0 Å². The van der Waals surface area contributed by atoms with Gasteiger partial charge in [-0.1, -0.05) is 6.42 Å². The molecule has 17 heavy (non-hydrogen) atoms. The molecule has 1 aromatic carbocycles. The van der Waals surface area contributed by atoms with Crippen LogP contribution in [0.25, 0.3) is 0 Å². The molecule has 2 unspecified atom stereocenters. The van der Waals surface area contributed by atoms with E-state index in [0.29, 0.717) is 5.75 Å². The second-order valence-corrected chi connectivity index (χ2v) is 5.53. The number of nitrogens with zero attached hydrogens (tertiary/aromatic N) is 1. The van der Waals surface area contributed by atoms with Crippen LogP contribution in [0.4, 0.5) is 5.69 Å². The van der Waals surface area contributed by atoms with Crippen LogP contribution in [0.5, 0.6) is 5.75 Å². The van der Waals surface area contributed by atoms with E-state index in [1.165, 1.54) is 32.4 Å². The Hall–Kier alpha value is -1.22. The fraction of sp³-hybridized carbons (Fsp3) is 0.571. The zero-order valence-electron chi connectivity index (χ0n) is 10.1. The molecule has 0 spiro atoms. The zero-order chi connectivity index (χ0) is 11.8. The zero-order valence-corrected chi connectivity index (χ0v) is 10.1. The van der Waals surface area contributed by atoms with Crippen molar-refractivity contribution >= 4 is 5.69 Å². The van der Waals surface area contributed by atoms with Gasteiger partial charge in [-0.05, 0) is 42.9 Å². The molecular weight excluding hydrogens is 212 g/mol. The molecule has 3 heteroatoms. The molecule has 1 heterocycles. The van der Waals surface area contributed by atoms with E-state index in [1.54, 1.807) is 12.1 Å². The lowest BCUT2D eigenvalue weighted by atomic mass is 10.0. The Morgan fingerprint density at radius 3 is 2.65 bits per heavy atom. The Bertz CT molecular complexity index is 407. The predicted octanol–water partition coefficient (Wildman–Crippen LogP) is 2.21. The van der Waals surface area contributed by atoms with Crippen molar-refractivity contribution < 1.29 is 5.11 Å². The van der Waals surface area contributed by atoms with Crippen LogP contribution in [0.3, 0.4) is 0 Å². The summed E-state index contributed by atoms with van der Waals surface area (Å²) in [5, 5.41) is 9.82. The van der Waals surface area contributed by atoms with Gasteiger partial charge in [-0.15, -0.1) is 0 Å². The Kier molecular flexibility index (Phi) is 2.71. The number of nitrogen functional groups attached to an aromatic ring is 1. The highest BCUT2D eigenvalue weighted by Gasteiger charge is 2.35. The number of hydrogen-bond acceptors (Lipinski definition) is 3. The molecule has 0 aromatic heterocycles. The Morgan fingerprint density at radius 1 is 1.24 bits per heavy atom. The minimum absolute atomic E-state index is 0.372. The van der Waals surface area contributed by atoms with E-state index in [0.717, 1.165) is 29.6 Å². The van der Waals surface area contributed by atoms with E-state index in [4.69, 9.17) is 5.73 Å². The van der Waals surface area contributed by atoms with Crippen LogP contribution in [-0.2, 0) is 6.54 Å². The fourth-order valence-electron chi connectivity index (χ4n) is 3.43. The number of likely N-dealkylation sites (tertiary alicyclic amines) is 1. The van der Waals surface area contributed by atoms with Crippen LogP contribution < -0.4 is 5.73 Å². The molecule has 2 fully saturated rings. The summed E-state index contributed by atoms with van der Waals surface area (Å²) in [5.41, 5.74) is 7.46. The maximum atomic E-state index is 9.82. The standard InChI is InChI=1S/C14H20N2O/c15-13-4-5-14(17)12(6-13)9-16-7-10-2-1-3-11(10)8-16/h4-6,10-11,17H,1-3,7-9,15H2. The number of hydrogen-bond donors (Lipinski definition) is 2. The molecule has 1 saturated carbocycles. The minimum Gasteiger partial charge on any atom is -0.508 e. The number of phenols is 1. The van der Waals surface area contributed by atoms with Gasteiger partial charge in [-0.3, -0.25) is 4.90 Å². The normalized spacial score (nSPS) is 28.5. The summed E-state index contributed by atoms with van der Waals surface area (Å²) in [6.45, 7) is 3.22. The first-order valence-electron chi connectivity index (χ1n) is 6.52. The van der Waals surface area contributed by atoms with Gasteiger partial charge in [0.1, 0.15) is 5.75 Å². The molecule has 0 radical (unpaired) electrons. The maximum absolute atomic E-state index is 9.82. The second kappa shape index (κ2) is 4.22. The number of anilines is 1. The largest absolute Gasteiger partial charge is 0.508 e. The molecule has 1 aliphatic heterocycles. The number of nitrogens with two attached hydrogens (primary N) is 1. The lowest BCUT2D eigenvalue weighted by Gasteiger charge is -2.17. The summed E-state index contributed by atoms with van der Waals surface area (Å²) in [5.74, 6) is 2.17. The van der Waals surface area contributed by atoms with Gasteiger partial charge in [-0.25, -0.2) is 0 Å². The number of rotatable bonds is 2. The van der Waals surface area contributed by atoms with Crippen molar-refractivity contribution in [2.24, 2.45) is 11.8 Å². The molecule has 92 valence electrons. The van der Waals surface area contributed by atoms with Crippen molar-refractivity contribution in [3.63, 3.8) is 0 Å². The molecule has 0 amide bonds. The topological polar surface area (TPSA) is 49.5 Å². The van der Waals surface area contributed by atoms with Crippen molar-refractivity contribution in [1.82, 2.24) is 4.90 Å². The first-order valence-corrected chi connectivity index (χ1v) is 6.52. The monoisotopic (exact) mass is 232 g/mol. The van der Waals surface area contributed by atoms with Crippen LogP contribution in [0.1, 0.15) is 24.8 Å². The second-order valence-electron chi connectivity index (χ2n) is 5.53. The summed E-state index contributed by atoms with van der Waals surface area (Å²) < 4.78 is 0. The van der Waals surface area contributed by atoms with Gasteiger partial charge in [0.2, 0.25) is 0 Å². The molecule has 1 aromatic rings. The van der Waals surface area contributed by atoms with Gasteiger partial charge in [0.25, 0.3) is 0 Å².